The molecule has 20 heavy (non-hydrogen) atoms. The molecule has 0 aromatic heterocycles. The van der Waals surface area contributed by atoms with Crippen molar-refractivity contribution in [2.45, 2.75) is 12.5 Å². The molecule has 0 aliphatic rings. The van der Waals surface area contributed by atoms with Gasteiger partial charge in [0.15, 0.2) is 0 Å². The van der Waals surface area contributed by atoms with Crippen LogP contribution < -0.4 is 16.0 Å². The largest absolute Gasteiger partial charge is 0.496 e. The number of benzene rings is 2. The minimum atomic E-state index is -0.0166. The van der Waals surface area contributed by atoms with E-state index in [0.717, 1.165) is 32.8 Å². The van der Waals surface area contributed by atoms with Crippen molar-refractivity contribution in [3.05, 3.63) is 63.1 Å². The number of hydrazine groups is 1. The summed E-state index contributed by atoms with van der Waals surface area (Å²) in [5, 5.41) is 0.750. The van der Waals surface area contributed by atoms with Crippen molar-refractivity contribution in [2.24, 2.45) is 5.84 Å². The van der Waals surface area contributed by atoms with E-state index in [2.05, 4.69) is 21.4 Å². The van der Waals surface area contributed by atoms with E-state index in [1.54, 1.807) is 7.11 Å². The second kappa shape index (κ2) is 7.09. The first-order chi connectivity index (χ1) is 9.65. The number of halogens is 2. The number of methoxy groups -OCH3 is 1. The Labute approximate surface area is 132 Å². The first kappa shape index (κ1) is 15.3. The Hall–Kier alpha value is -1.07. The van der Waals surface area contributed by atoms with Crippen LogP contribution in [-0.2, 0) is 6.42 Å². The van der Waals surface area contributed by atoms with Crippen molar-refractivity contribution < 1.29 is 4.74 Å². The molecule has 1 unspecified atom stereocenters. The molecule has 0 saturated heterocycles. The quantitative estimate of drug-likeness (QED) is 0.632. The van der Waals surface area contributed by atoms with Crippen LogP contribution in [0.3, 0.4) is 0 Å². The Bertz CT molecular complexity index is 592. The summed E-state index contributed by atoms with van der Waals surface area (Å²) in [5.41, 5.74) is 4.97. The highest BCUT2D eigenvalue weighted by atomic mass is 79.9. The summed E-state index contributed by atoms with van der Waals surface area (Å²) < 4.78 is 6.13. The maximum Gasteiger partial charge on any atom is 0.133 e. The summed E-state index contributed by atoms with van der Waals surface area (Å²) in [5.74, 6) is 6.48. The molecule has 5 heteroatoms. The summed E-state index contributed by atoms with van der Waals surface area (Å²) >= 11 is 9.68. The number of nitrogens with one attached hydrogen (secondary N) is 1. The lowest BCUT2D eigenvalue weighted by Gasteiger charge is -2.18. The predicted octanol–water partition coefficient (Wildman–Crippen LogP) is 3.86. The van der Waals surface area contributed by atoms with Crippen LogP contribution in [0.25, 0.3) is 0 Å². The van der Waals surface area contributed by atoms with E-state index in [9.17, 15) is 0 Å². The molecule has 2 aromatic rings. The van der Waals surface area contributed by atoms with Crippen molar-refractivity contribution in [3.63, 3.8) is 0 Å². The molecular weight excluding hydrogens is 340 g/mol. The summed E-state index contributed by atoms with van der Waals surface area (Å²) in [6.07, 6.45) is 0.717. The molecule has 0 bridgehead atoms. The van der Waals surface area contributed by atoms with Crippen LogP contribution >= 0.6 is 27.5 Å². The van der Waals surface area contributed by atoms with Crippen molar-refractivity contribution in [1.82, 2.24) is 5.43 Å². The topological polar surface area (TPSA) is 47.3 Å². The fraction of sp³-hybridized carbons (Fsp3) is 0.200. The van der Waals surface area contributed by atoms with Crippen LogP contribution in [0.15, 0.2) is 46.9 Å². The summed E-state index contributed by atoms with van der Waals surface area (Å²) in [6.45, 7) is 0. The minimum absolute atomic E-state index is 0.0166. The number of rotatable bonds is 5. The maximum atomic E-state index is 6.19. The Morgan fingerprint density at radius 2 is 2.05 bits per heavy atom. The molecule has 0 fully saturated rings. The van der Waals surface area contributed by atoms with Gasteiger partial charge in [0.05, 0.1) is 17.6 Å². The third-order valence-corrected chi connectivity index (χ3v) is 4.15. The lowest BCUT2D eigenvalue weighted by Crippen LogP contribution is -2.29. The van der Waals surface area contributed by atoms with Gasteiger partial charge in [0, 0.05) is 5.02 Å². The van der Waals surface area contributed by atoms with Gasteiger partial charge in [-0.2, -0.15) is 0 Å². The zero-order valence-corrected chi connectivity index (χ0v) is 13.4. The van der Waals surface area contributed by atoms with Crippen LogP contribution in [0.4, 0.5) is 0 Å². The average molecular weight is 356 g/mol. The third kappa shape index (κ3) is 3.52. The smallest absolute Gasteiger partial charge is 0.133 e. The standard InChI is InChI=1S/C15H16BrClN2O/c1-20-15-7-6-11(8-12(15)16)14(19-18)9-10-4-2-3-5-13(10)17/h2-8,14,19H,9,18H2,1H3. The number of hydrogen-bond donors (Lipinski definition) is 2. The molecule has 0 spiro atoms. The predicted molar refractivity (Wildman–Crippen MR) is 85.9 cm³/mol. The van der Waals surface area contributed by atoms with Crippen LogP contribution in [0, 0.1) is 0 Å². The van der Waals surface area contributed by atoms with E-state index in [1.807, 2.05) is 42.5 Å². The first-order valence-electron chi connectivity index (χ1n) is 6.18. The highest BCUT2D eigenvalue weighted by molar-refractivity contribution is 9.10. The van der Waals surface area contributed by atoms with Crippen LogP contribution in [0.2, 0.25) is 5.02 Å². The molecule has 0 saturated carbocycles. The van der Waals surface area contributed by atoms with Crippen molar-refractivity contribution in [3.8, 4) is 5.75 Å². The number of nitrogens with two attached hydrogens (primary N) is 1. The van der Waals surface area contributed by atoms with Gasteiger partial charge in [0.1, 0.15) is 5.75 Å². The lowest BCUT2D eigenvalue weighted by atomic mass is 9.99. The van der Waals surface area contributed by atoms with Gasteiger partial charge in [-0.3, -0.25) is 11.3 Å². The highest BCUT2D eigenvalue weighted by Crippen LogP contribution is 2.30. The zero-order valence-electron chi connectivity index (χ0n) is 11.1. The Morgan fingerprint density at radius 1 is 1.30 bits per heavy atom. The zero-order chi connectivity index (χ0) is 14.5. The van der Waals surface area contributed by atoms with E-state index in [-0.39, 0.29) is 6.04 Å². The van der Waals surface area contributed by atoms with Crippen molar-refractivity contribution in [2.75, 3.05) is 7.11 Å². The second-order valence-electron chi connectivity index (χ2n) is 4.41. The molecule has 0 aliphatic heterocycles. The van der Waals surface area contributed by atoms with Gasteiger partial charge in [-0.1, -0.05) is 35.9 Å². The number of ether oxygens (including phenoxy) is 1. The van der Waals surface area contributed by atoms with Gasteiger partial charge in [-0.15, -0.1) is 0 Å². The van der Waals surface area contributed by atoms with Crippen molar-refractivity contribution in [1.29, 1.82) is 0 Å². The van der Waals surface area contributed by atoms with Gasteiger partial charge >= 0.3 is 0 Å². The first-order valence-corrected chi connectivity index (χ1v) is 7.35. The molecular formula is C15H16BrClN2O. The van der Waals surface area contributed by atoms with Gasteiger partial charge in [-0.05, 0) is 51.7 Å². The summed E-state index contributed by atoms with van der Waals surface area (Å²) in [4.78, 5) is 0. The molecule has 106 valence electrons. The molecule has 0 heterocycles. The summed E-state index contributed by atoms with van der Waals surface area (Å²) in [6, 6.07) is 13.7. The Balaban J connectivity index is 2.24. The number of hydrogen-bond acceptors (Lipinski definition) is 3. The third-order valence-electron chi connectivity index (χ3n) is 3.16. The Morgan fingerprint density at radius 3 is 2.65 bits per heavy atom. The van der Waals surface area contributed by atoms with Gasteiger partial charge in [0.2, 0.25) is 0 Å². The second-order valence-corrected chi connectivity index (χ2v) is 5.67. The van der Waals surface area contributed by atoms with E-state index in [4.69, 9.17) is 22.2 Å². The molecule has 3 nitrogen and oxygen atoms in total. The highest BCUT2D eigenvalue weighted by Gasteiger charge is 2.14. The van der Waals surface area contributed by atoms with Crippen LogP contribution in [0.1, 0.15) is 17.2 Å². The van der Waals surface area contributed by atoms with E-state index in [1.165, 1.54) is 0 Å². The fourth-order valence-corrected chi connectivity index (χ4v) is 2.83. The Kier molecular flexibility index (Phi) is 5.43. The molecule has 0 aliphatic carbocycles. The molecule has 2 rings (SSSR count). The molecule has 3 N–H and O–H groups in total. The minimum Gasteiger partial charge on any atom is -0.496 e. The van der Waals surface area contributed by atoms with Gasteiger partial charge < -0.3 is 4.74 Å². The van der Waals surface area contributed by atoms with Gasteiger partial charge in [-0.25, -0.2) is 0 Å². The SMILES string of the molecule is COc1ccc(C(Cc2ccccc2Cl)NN)cc1Br. The fourth-order valence-electron chi connectivity index (χ4n) is 2.06. The van der Waals surface area contributed by atoms with Crippen LogP contribution in [-0.4, -0.2) is 7.11 Å². The van der Waals surface area contributed by atoms with Crippen molar-refractivity contribution >= 4 is 27.5 Å². The molecule has 1 atom stereocenters. The molecule has 2 aromatic carbocycles. The van der Waals surface area contributed by atoms with Gasteiger partial charge in [0.25, 0.3) is 0 Å². The maximum absolute atomic E-state index is 6.19. The summed E-state index contributed by atoms with van der Waals surface area (Å²) in [7, 11) is 1.64. The molecule has 0 amide bonds. The molecule has 0 radical (unpaired) electrons. The lowest BCUT2D eigenvalue weighted by molar-refractivity contribution is 0.411. The van der Waals surface area contributed by atoms with E-state index >= 15 is 0 Å². The normalized spacial score (nSPS) is 12.2. The monoisotopic (exact) mass is 354 g/mol. The average Bonchev–Trinajstić information content (AvgIpc) is 2.46. The van der Waals surface area contributed by atoms with Crippen LogP contribution in [0.5, 0.6) is 5.75 Å². The van der Waals surface area contributed by atoms with E-state index in [0.29, 0.717) is 0 Å². The van der Waals surface area contributed by atoms with E-state index < -0.39 is 0 Å².